The summed E-state index contributed by atoms with van der Waals surface area (Å²) in [4.78, 5) is 11.2. The number of carbonyl (C=O) groups excluding carboxylic acids is 1. The molecule has 106 valence electrons. The third-order valence-electron chi connectivity index (χ3n) is 2.42. The summed E-state index contributed by atoms with van der Waals surface area (Å²) in [7, 11) is 0. The lowest BCUT2D eigenvalue weighted by Crippen LogP contribution is -2.05. The van der Waals surface area contributed by atoms with Gasteiger partial charge in [-0.1, -0.05) is 6.07 Å². The van der Waals surface area contributed by atoms with Crippen molar-refractivity contribution in [2.24, 2.45) is 0 Å². The summed E-state index contributed by atoms with van der Waals surface area (Å²) in [6.45, 7) is 1.64. The largest absolute Gasteiger partial charge is 0.438 e. The average Bonchev–Trinajstić information content (AvgIpc) is 2.69. The predicted octanol–water partition coefficient (Wildman–Crippen LogP) is 4.41. The lowest BCUT2D eigenvalue weighted by atomic mass is 10.2. The monoisotopic (exact) mass is 396 g/mol. The first-order chi connectivity index (χ1) is 9.27. The zero-order valence-corrected chi connectivity index (χ0v) is 12.3. The highest BCUT2D eigenvalue weighted by atomic mass is 127. The summed E-state index contributed by atoms with van der Waals surface area (Å²) < 4.78 is 43.7. The van der Waals surface area contributed by atoms with E-state index in [0.717, 1.165) is 16.8 Å². The van der Waals surface area contributed by atoms with Crippen molar-refractivity contribution < 1.29 is 22.7 Å². The van der Waals surface area contributed by atoms with Crippen LogP contribution in [0.3, 0.4) is 0 Å². The third kappa shape index (κ3) is 3.30. The molecule has 0 spiro atoms. The van der Waals surface area contributed by atoms with Gasteiger partial charge in [-0.05, 0) is 25.1 Å². The van der Waals surface area contributed by atoms with Gasteiger partial charge >= 0.3 is 10.1 Å². The zero-order valence-electron chi connectivity index (χ0n) is 10.1. The van der Waals surface area contributed by atoms with Crippen molar-refractivity contribution in [2.45, 2.75) is 13.1 Å². The van der Waals surface area contributed by atoms with Gasteiger partial charge in [0.25, 0.3) is 0 Å². The molecule has 0 aliphatic carbocycles. The lowest BCUT2D eigenvalue weighted by Gasteiger charge is -2.08. The van der Waals surface area contributed by atoms with Gasteiger partial charge in [-0.25, -0.2) is 0 Å². The number of nitrogens with zero attached hydrogens (tertiary/aromatic N) is 2. The fourth-order valence-electron chi connectivity index (χ4n) is 1.53. The molecule has 1 aromatic carbocycles. The van der Waals surface area contributed by atoms with Crippen molar-refractivity contribution in [1.82, 2.24) is 9.78 Å². The van der Waals surface area contributed by atoms with Crippen molar-refractivity contribution in [1.29, 1.82) is 0 Å². The summed E-state index contributed by atoms with van der Waals surface area (Å²) >= 11 is 1.55. The molecule has 1 heterocycles. The Morgan fingerprint density at radius 1 is 1.35 bits per heavy atom. The van der Waals surface area contributed by atoms with E-state index >= 15 is 0 Å². The van der Waals surface area contributed by atoms with Gasteiger partial charge < -0.3 is 4.74 Å². The molecule has 2 rings (SSSR count). The second kappa shape index (κ2) is 5.43. The van der Waals surface area contributed by atoms with Crippen LogP contribution in [0.2, 0.25) is 0 Å². The van der Waals surface area contributed by atoms with Crippen molar-refractivity contribution in [3.8, 4) is 11.6 Å². The number of aromatic nitrogens is 2. The average molecular weight is 396 g/mol. The minimum absolute atomic E-state index is 0.00498. The van der Waals surface area contributed by atoms with Crippen LogP contribution in [-0.4, -0.2) is 13.7 Å². The molecule has 1 aromatic heterocycles. The van der Waals surface area contributed by atoms with E-state index in [1.807, 2.05) is 0 Å². The highest BCUT2D eigenvalue weighted by Crippen LogP contribution is 2.32. The molecule has 0 unspecified atom stereocenters. The third-order valence-corrected chi connectivity index (χ3v) is 2.87. The topological polar surface area (TPSA) is 44.1 Å². The number of aryl methyl sites for hydroxylation is 1. The molecule has 2 aromatic rings. The molecule has 0 aliphatic heterocycles. The Labute approximate surface area is 125 Å². The Bertz CT molecular complexity index is 652. The van der Waals surface area contributed by atoms with E-state index in [9.17, 15) is 18.0 Å². The van der Waals surface area contributed by atoms with Crippen LogP contribution in [0.25, 0.3) is 0 Å². The Kier molecular flexibility index (Phi) is 4.02. The molecule has 0 fully saturated rings. The van der Waals surface area contributed by atoms with Gasteiger partial charge in [0.2, 0.25) is 5.88 Å². The fourth-order valence-corrected chi connectivity index (χ4v) is 2.02. The maximum absolute atomic E-state index is 12.6. The maximum Gasteiger partial charge on any atom is 0.416 e. The van der Waals surface area contributed by atoms with E-state index in [4.69, 9.17) is 4.74 Å². The number of alkyl halides is 3. The molecule has 8 heteroatoms. The van der Waals surface area contributed by atoms with E-state index in [0.29, 0.717) is 5.69 Å². The normalized spacial score (nSPS) is 11.4. The zero-order chi connectivity index (χ0) is 14.9. The second-order valence-corrected chi connectivity index (χ2v) is 4.84. The number of benzene rings is 1. The summed E-state index contributed by atoms with van der Waals surface area (Å²) in [5.41, 5.74) is -0.275. The van der Waals surface area contributed by atoms with Crippen molar-refractivity contribution in [3.05, 3.63) is 41.6 Å². The Morgan fingerprint density at radius 3 is 2.60 bits per heavy atom. The van der Waals surface area contributed by atoms with Crippen molar-refractivity contribution >= 4 is 26.5 Å². The van der Waals surface area contributed by atoms with Crippen LogP contribution in [0.4, 0.5) is 18.0 Å². The summed E-state index contributed by atoms with van der Waals surface area (Å²) in [5, 5.41) is 3.85. The smallest absolute Gasteiger partial charge is 0.416 e. The summed E-state index contributed by atoms with van der Waals surface area (Å²) in [6, 6.07) is 5.92. The summed E-state index contributed by atoms with van der Waals surface area (Å²) in [6.07, 6.45) is -4.44. The minimum Gasteiger partial charge on any atom is -0.438 e. The Hall–Kier alpha value is -1.58. The molecule has 0 amide bonds. The van der Waals surface area contributed by atoms with Crippen LogP contribution in [0.1, 0.15) is 11.3 Å². The van der Waals surface area contributed by atoms with E-state index in [-0.39, 0.29) is 15.5 Å². The standard InChI is InChI=1S/C12H8F3IN2O2/c1-7-5-10(17-18(7)11(16)19)20-9-4-2-3-8(6-9)12(13,14)15/h2-6H,1H3. The molecular formula is C12H8F3IN2O2. The molecule has 0 N–H and O–H groups in total. The van der Waals surface area contributed by atoms with E-state index in [1.165, 1.54) is 18.2 Å². The van der Waals surface area contributed by atoms with Gasteiger partial charge in [0.05, 0.1) is 5.56 Å². The number of halogens is 4. The van der Waals surface area contributed by atoms with Crippen molar-refractivity contribution in [2.75, 3.05) is 0 Å². The van der Waals surface area contributed by atoms with Crippen LogP contribution >= 0.6 is 22.6 Å². The molecular weight excluding hydrogens is 388 g/mol. The van der Waals surface area contributed by atoms with Gasteiger partial charge in [-0.15, -0.1) is 5.10 Å². The fraction of sp³-hybridized carbons (Fsp3) is 0.167. The minimum atomic E-state index is -4.44. The molecule has 0 atom stereocenters. The van der Waals surface area contributed by atoms with E-state index < -0.39 is 11.7 Å². The van der Waals surface area contributed by atoms with Crippen LogP contribution in [0.5, 0.6) is 11.6 Å². The highest BCUT2D eigenvalue weighted by Gasteiger charge is 2.30. The molecule has 4 nitrogen and oxygen atoms in total. The van der Waals surface area contributed by atoms with Gasteiger partial charge in [-0.2, -0.15) is 17.9 Å². The van der Waals surface area contributed by atoms with E-state index in [1.54, 1.807) is 29.5 Å². The number of hydrogen-bond donors (Lipinski definition) is 0. The summed E-state index contributed by atoms with van der Waals surface area (Å²) in [5.74, 6) is 0.0669. The van der Waals surface area contributed by atoms with Gasteiger partial charge in [0.1, 0.15) is 5.75 Å². The highest BCUT2D eigenvalue weighted by molar-refractivity contribution is 14.1. The van der Waals surface area contributed by atoms with Gasteiger partial charge in [0.15, 0.2) is 0 Å². The SMILES string of the molecule is Cc1cc(Oc2cccc(C(F)(F)F)c2)nn1C(=O)I. The number of ether oxygens (including phenoxy) is 1. The predicted molar refractivity (Wildman–Crippen MR) is 73.3 cm³/mol. The molecule has 0 radical (unpaired) electrons. The van der Waals surface area contributed by atoms with Crippen LogP contribution in [0.15, 0.2) is 30.3 Å². The van der Waals surface area contributed by atoms with Gasteiger partial charge in [0, 0.05) is 34.4 Å². The van der Waals surface area contributed by atoms with Crippen LogP contribution in [-0.2, 0) is 6.18 Å². The number of rotatable bonds is 2. The quantitative estimate of drug-likeness (QED) is 0.558. The van der Waals surface area contributed by atoms with E-state index in [2.05, 4.69) is 5.10 Å². The molecule has 20 heavy (non-hydrogen) atoms. The molecule has 0 saturated carbocycles. The van der Waals surface area contributed by atoms with Crippen LogP contribution < -0.4 is 4.74 Å². The molecule has 0 bridgehead atoms. The first-order valence-corrected chi connectivity index (χ1v) is 6.47. The molecule has 0 saturated heterocycles. The number of hydrogen-bond acceptors (Lipinski definition) is 3. The first-order valence-electron chi connectivity index (χ1n) is 5.39. The van der Waals surface area contributed by atoms with Gasteiger partial charge in [-0.3, -0.25) is 4.79 Å². The van der Waals surface area contributed by atoms with Crippen molar-refractivity contribution in [3.63, 3.8) is 0 Å². The second-order valence-electron chi connectivity index (χ2n) is 3.92. The number of carbonyl (C=O) groups is 1. The first kappa shape index (κ1) is 14.8. The molecule has 0 aliphatic rings. The Morgan fingerprint density at radius 2 is 2.05 bits per heavy atom. The Balaban J connectivity index is 2.26. The van der Waals surface area contributed by atoms with Crippen LogP contribution in [0, 0.1) is 6.92 Å². The lowest BCUT2D eigenvalue weighted by molar-refractivity contribution is -0.137. The maximum atomic E-state index is 12.6.